The zero-order valence-electron chi connectivity index (χ0n) is 12.5. The Labute approximate surface area is 124 Å². The average molecular weight is 291 g/mol. The third-order valence-electron chi connectivity index (χ3n) is 3.65. The van der Waals surface area contributed by atoms with Crippen molar-refractivity contribution in [2.75, 3.05) is 26.8 Å². The van der Waals surface area contributed by atoms with E-state index >= 15 is 0 Å². The minimum absolute atomic E-state index is 0.0126. The van der Waals surface area contributed by atoms with Crippen molar-refractivity contribution >= 4 is 11.9 Å². The number of carbonyl (C=O) groups is 2. The number of hydrogen-bond donors (Lipinski definition) is 0. The molecule has 1 aliphatic rings. The Morgan fingerprint density at radius 1 is 1.29 bits per heavy atom. The first kappa shape index (κ1) is 15.4. The van der Waals surface area contributed by atoms with Crippen molar-refractivity contribution < 1.29 is 19.1 Å². The second-order valence-corrected chi connectivity index (χ2v) is 5.39. The summed E-state index contributed by atoms with van der Waals surface area (Å²) in [6.07, 6.45) is 2.24. The van der Waals surface area contributed by atoms with Crippen LogP contribution in [-0.2, 0) is 9.53 Å². The lowest BCUT2D eigenvalue weighted by atomic mass is 10.0. The van der Waals surface area contributed by atoms with Crippen LogP contribution in [0, 0.1) is 5.92 Å². The largest absolute Gasteiger partial charge is 0.484 e. The van der Waals surface area contributed by atoms with Gasteiger partial charge in [0, 0.05) is 13.1 Å². The highest BCUT2D eigenvalue weighted by molar-refractivity contribution is 5.89. The second-order valence-electron chi connectivity index (χ2n) is 5.39. The minimum atomic E-state index is -0.389. The topological polar surface area (TPSA) is 55.8 Å². The molecule has 0 aromatic heterocycles. The predicted molar refractivity (Wildman–Crippen MR) is 78.3 cm³/mol. The van der Waals surface area contributed by atoms with Gasteiger partial charge in [0.05, 0.1) is 12.7 Å². The van der Waals surface area contributed by atoms with E-state index in [-0.39, 0.29) is 18.5 Å². The van der Waals surface area contributed by atoms with Crippen LogP contribution in [0.2, 0.25) is 0 Å². The normalized spacial score (nSPS) is 18.2. The molecule has 0 N–H and O–H groups in total. The first-order valence-corrected chi connectivity index (χ1v) is 7.19. The standard InChI is InChI=1S/C16H21NO4/c1-12-4-3-9-17(10-12)15(18)11-21-14-7-5-13(6-8-14)16(19)20-2/h5-8,12H,3-4,9-11H2,1-2H3. The molecule has 5 nitrogen and oxygen atoms in total. The Morgan fingerprint density at radius 3 is 2.62 bits per heavy atom. The highest BCUT2D eigenvalue weighted by Crippen LogP contribution is 2.16. The fourth-order valence-electron chi connectivity index (χ4n) is 2.46. The molecule has 114 valence electrons. The lowest BCUT2D eigenvalue weighted by Gasteiger charge is -2.30. The van der Waals surface area contributed by atoms with Crippen molar-refractivity contribution in [3.63, 3.8) is 0 Å². The summed E-state index contributed by atoms with van der Waals surface area (Å²) < 4.78 is 10.1. The van der Waals surface area contributed by atoms with Crippen LogP contribution in [0.4, 0.5) is 0 Å². The number of methoxy groups -OCH3 is 1. The quantitative estimate of drug-likeness (QED) is 0.797. The Kier molecular flexibility index (Phi) is 5.20. The van der Waals surface area contributed by atoms with E-state index in [9.17, 15) is 9.59 Å². The van der Waals surface area contributed by atoms with Gasteiger partial charge in [-0.3, -0.25) is 4.79 Å². The van der Waals surface area contributed by atoms with Crippen LogP contribution < -0.4 is 4.74 Å². The number of amides is 1. The van der Waals surface area contributed by atoms with Gasteiger partial charge in [0.2, 0.25) is 0 Å². The molecule has 1 fully saturated rings. The van der Waals surface area contributed by atoms with E-state index in [1.165, 1.54) is 13.5 Å². The fourth-order valence-corrected chi connectivity index (χ4v) is 2.46. The summed E-state index contributed by atoms with van der Waals surface area (Å²) in [4.78, 5) is 25.2. The number of nitrogens with zero attached hydrogens (tertiary/aromatic N) is 1. The van der Waals surface area contributed by atoms with Gasteiger partial charge in [-0.05, 0) is 43.0 Å². The number of carbonyl (C=O) groups excluding carboxylic acids is 2. The molecule has 2 rings (SSSR count). The summed E-state index contributed by atoms with van der Waals surface area (Å²) in [6.45, 7) is 3.81. The summed E-state index contributed by atoms with van der Waals surface area (Å²) >= 11 is 0. The third-order valence-corrected chi connectivity index (χ3v) is 3.65. The smallest absolute Gasteiger partial charge is 0.337 e. The fraction of sp³-hybridized carbons (Fsp3) is 0.500. The number of rotatable bonds is 4. The Morgan fingerprint density at radius 2 is 2.00 bits per heavy atom. The molecular formula is C16H21NO4. The maximum atomic E-state index is 12.1. The van der Waals surface area contributed by atoms with E-state index in [0.717, 1.165) is 19.5 Å². The number of hydrogen-bond acceptors (Lipinski definition) is 4. The van der Waals surface area contributed by atoms with E-state index in [1.54, 1.807) is 24.3 Å². The van der Waals surface area contributed by atoms with E-state index in [0.29, 0.717) is 17.2 Å². The molecule has 5 heteroatoms. The molecule has 1 heterocycles. The van der Waals surface area contributed by atoms with E-state index in [4.69, 9.17) is 4.74 Å². The van der Waals surface area contributed by atoms with Gasteiger partial charge >= 0.3 is 5.97 Å². The number of piperidine rings is 1. The first-order chi connectivity index (χ1) is 10.1. The summed E-state index contributed by atoms with van der Waals surface area (Å²) in [5, 5.41) is 0. The Balaban J connectivity index is 1.85. The lowest BCUT2D eigenvalue weighted by molar-refractivity contribution is -0.135. The van der Waals surface area contributed by atoms with Gasteiger partial charge in [-0.1, -0.05) is 6.92 Å². The van der Waals surface area contributed by atoms with Gasteiger partial charge in [-0.25, -0.2) is 4.79 Å². The van der Waals surface area contributed by atoms with Crippen molar-refractivity contribution in [3.8, 4) is 5.75 Å². The Hall–Kier alpha value is -2.04. The summed E-state index contributed by atoms with van der Waals surface area (Å²) in [5.41, 5.74) is 0.459. The van der Waals surface area contributed by atoms with Gasteiger partial charge in [0.15, 0.2) is 6.61 Å². The second kappa shape index (κ2) is 7.11. The minimum Gasteiger partial charge on any atom is -0.484 e. The van der Waals surface area contributed by atoms with Crippen LogP contribution in [0.3, 0.4) is 0 Å². The van der Waals surface area contributed by atoms with Gasteiger partial charge in [0.1, 0.15) is 5.75 Å². The monoisotopic (exact) mass is 291 g/mol. The maximum Gasteiger partial charge on any atom is 0.337 e. The van der Waals surface area contributed by atoms with Gasteiger partial charge in [-0.15, -0.1) is 0 Å². The van der Waals surface area contributed by atoms with Crippen molar-refractivity contribution in [1.82, 2.24) is 4.90 Å². The maximum absolute atomic E-state index is 12.1. The zero-order chi connectivity index (χ0) is 15.2. The number of likely N-dealkylation sites (tertiary alicyclic amines) is 1. The predicted octanol–water partition coefficient (Wildman–Crippen LogP) is 2.11. The molecule has 1 saturated heterocycles. The van der Waals surface area contributed by atoms with E-state index in [2.05, 4.69) is 11.7 Å². The molecule has 0 bridgehead atoms. The van der Waals surface area contributed by atoms with Crippen molar-refractivity contribution in [1.29, 1.82) is 0 Å². The molecule has 0 saturated carbocycles. The molecule has 1 unspecified atom stereocenters. The molecule has 0 aliphatic carbocycles. The summed E-state index contributed by atoms with van der Waals surface area (Å²) in [5.74, 6) is 0.752. The van der Waals surface area contributed by atoms with Gasteiger partial charge in [0.25, 0.3) is 5.91 Å². The molecule has 0 radical (unpaired) electrons. The van der Waals surface area contributed by atoms with E-state index in [1.807, 2.05) is 4.90 Å². The van der Waals surface area contributed by atoms with E-state index < -0.39 is 0 Å². The van der Waals surface area contributed by atoms with Crippen molar-refractivity contribution in [2.24, 2.45) is 5.92 Å². The third kappa shape index (κ3) is 4.21. The SMILES string of the molecule is COC(=O)c1ccc(OCC(=O)N2CCCC(C)C2)cc1. The number of esters is 1. The van der Waals surface area contributed by atoms with Crippen LogP contribution in [0.1, 0.15) is 30.1 Å². The molecule has 1 aliphatic heterocycles. The van der Waals surface area contributed by atoms with Crippen LogP contribution in [0.5, 0.6) is 5.75 Å². The lowest BCUT2D eigenvalue weighted by Crippen LogP contribution is -2.41. The molecular weight excluding hydrogens is 270 g/mol. The summed E-state index contributed by atoms with van der Waals surface area (Å²) in [6, 6.07) is 6.57. The molecule has 1 aromatic rings. The van der Waals surface area contributed by atoms with Crippen LogP contribution in [-0.4, -0.2) is 43.6 Å². The highest BCUT2D eigenvalue weighted by atomic mass is 16.5. The van der Waals surface area contributed by atoms with Crippen molar-refractivity contribution in [3.05, 3.63) is 29.8 Å². The number of ether oxygens (including phenoxy) is 2. The molecule has 1 aromatic carbocycles. The molecule has 21 heavy (non-hydrogen) atoms. The van der Waals surface area contributed by atoms with Crippen LogP contribution in [0.15, 0.2) is 24.3 Å². The molecule has 1 amide bonds. The van der Waals surface area contributed by atoms with Crippen LogP contribution >= 0.6 is 0 Å². The highest BCUT2D eigenvalue weighted by Gasteiger charge is 2.21. The van der Waals surface area contributed by atoms with Gasteiger partial charge in [-0.2, -0.15) is 0 Å². The van der Waals surface area contributed by atoms with Crippen molar-refractivity contribution in [2.45, 2.75) is 19.8 Å². The zero-order valence-corrected chi connectivity index (χ0v) is 12.5. The first-order valence-electron chi connectivity index (χ1n) is 7.19. The average Bonchev–Trinajstić information content (AvgIpc) is 2.52. The molecule has 1 atom stereocenters. The molecule has 0 spiro atoms. The van der Waals surface area contributed by atoms with Gasteiger partial charge < -0.3 is 14.4 Å². The van der Waals surface area contributed by atoms with Crippen LogP contribution in [0.25, 0.3) is 0 Å². The number of benzene rings is 1. The summed E-state index contributed by atoms with van der Waals surface area (Å²) in [7, 11) is 1.34. The Bertz CT molecular complexity index is 498.